The summed E-state index contributed by atoms with van der Waals surface area (Å²) in [6.07, 6.45) is 1.52. The van der Waals surface area contributed by atoms with E-state index in [-0.39, 0.29) is 17.6 Å². The molecule has 0 spiro atoms. The Balaban J connectivity index is 1.16. The maximum atomic E-state index is 13.2. The summed E-state index contributed by atoms with van der Waals surface area (Å²) in [5, 5.41) is 0. The van der Waals surface area contributed by atoms with Crippen molar-refractivity contribution in [1.29, 1.82) is 0 Å². The zero-order valence-electron chi connectivity index (χ0n) is 18.0. The lowest BCUT2D eigenvalue weighted by Crippen LogP contribution is -2.40. The van der Waals surface area contributed by atoms with Crippen LogP contribution in [0.1, 0.15) is 28.6 Å². The van der Waals surface area contributed by atoms with E-state index < -0.39 is 0 Å². The first kappa shape index (κ1) is 20.1. The quantitative estimate of drug-likeness (QED) is 0.493. The first-order valence-corrected chi connectivity index (χ1v) is 12.0. The van der Waals surface area contributed by atoms with Crippen molar-refractivity contribution < 1.29 is 14.3 Å². The van der Waals surface area contributed by atoms with Crippen LogP contribution in [0.15, 0.2) is 59.4 Å². The first-order chi connectivity index (χ1) is 16.2. The monoisotopic (exact) mass is 461 g/mol. The van der Waals surface area contributed by atoms with Crippen molar-refractivity contribution in [3.8, 4) is 21.9 Å². The Morgan fingerprint density at radius 1 is 0.970 bits per heavy atom. The van der Waals surface area contributed by atoms with Gasteiger partial charge in [-0.05, 0) is 60.9 Å². The lowest BCUT2D eigenvalue weighted by Gasteiger charge is -2.32. The number of para-hydroxylation sites is 2. The molecule has 0 unspecified atom stereocenters. The van der Waals surface area contributed by atoms with E-state index in [0.717, 1.165) is 50.7 Å². The number of hydrogen-bond donors (Lipinski definition) is 1. The molecule has 7 nitrogen and oxygen atoms in total. The second-order valence-corrected chi connectivity index (χ2v) is 9.45. The molecule has 0 bridgehead atoms. The predicted molar refractivity (Wildman–Crippen MR) is 127 cm³/mol. The van der Waals surface area contributed by atoms with Crippen molar-refractivity contribution >= 4 is 28.3 Å². The largest absolute Gasteiger partial charge is 0.486 e. The fraction of sp³-hybridized carbons (Fsp3) is 0.280. The van der Waals surface area contributed by atoms with Gasteiger partial charge in [-0.25, -0.2) is 4.79 Å². The van der Waals surface area contributed by atoms with Gasteiger partial charge in [-0.15, -0.1) is 11.3 Å². The van der Waals surface area contributed by atoms with Gasteiger partial charge in [0.1, 0.15) is 13.2 Å². The summed E-state index contributed by atoms with van der Waals surface area (Å²) in [6, 6.07) is 17.6. The van der Waals surface area contributed by atoms with E-state index in [1.807, 2.05) is 64.1 Å². The molecule has 2 aliphatic heterocycles. The number of rotatable bonds is 3. The van der Waals surface area contributed by atoms with Crippen molar-refractivity contribution in [1.82, 2.24) is 14.5 Å². The summed E-state index contributed by atoms with van der Waals surface area (Å²) < 4.78 is 13.1. The number of imidazole rings is 1. The van der Waals surface area contributed by atoms with E-state index in [1.165, 1.54) is 11.3 Å². The third-order valence-corrected chi connectivity index (χ3v) is 7.51. The molecule has 2 aliphatic rings. The van der Waals surface area contributed by atoms with E-state index >= 15 is 0 Å². The molecule has 4 aromatic rings. The van der Waals surface area contributed by atoms with Gasteiger partial charge in [0.05, 0.1) is 15.9 Å². The van der Waals surface area contributed by atoms with Gasteiger partial charge in [0.25, 0.3) is 5.91 Å². The molecule has 1 saturated heterocycles. The molecular weight excluding hydrogens is 438 g/mol. The number of nitrogens with zero attached hydrogens (tertiary/aromatic N) is 2. The lowest BCUT2D eigenvalue weighted by molar-refractivity contribution is 0.0700. The minimum atomic E-state index is -0.0803. The Hall–Kier alpha value is -3.52. The average Bonchev–Trinajstić information content (AvgIpc) is 3.48. The number of aromatic nitrogens is 2. The topological polar surface area (TPSA) is 76.6 Å². The molecule has 0 radical (unpaired) electrons. The van der Waals surface area contributed by atoms with Crippen LogP contribution in [-0.2, 0) is 0 Å². The number of nitrogens with one attached hydrogen (secondary N) is 1. The summed E-state index contributed by atoms with van der Waals surface area (Å²) in [7, 11) is 0. The molecule has 33 heavy (non-hydrogen) atoms. The van der Waals surface area contributed by atoms with E-state index in [4.69, 9.17) is 9.47 Å². The number of ether oxygens (including phenoxy) is 2. The van der Waals surface area contributed by atoms with Gasteiger partial charge in [-0.2, -0.15) is 0 Å². The van der Waals surface area contributed by atoms with E-state index in [1.54, 1.807) is 0 Å². The standard InChI is InChI=1S/C25H23N3O4S/c29-24(23-8-7-22(33-23)16-5-6-20-21(15-16)32-14-13-31-20)27-11-9-17(10-12-27)28-19-4-2-1-3-18(19)26-25(28)30/h1-8,15,17H,9-14H2,(H,26,30). The van der Waals surface area contributed by atoms with Gasteiger partial charge >= 0.3 is 5.69 Å². The normalized spacial score (nSPS) is 16.3. The molecular formula is C25H23N3O4S. The Bertz CT molecular complexity index is 1390. The van der Waals surface area contributed by atoms with Crippen LogP contribution in [0.5, 0.6) is 11.5 Å². The van der Waals surface area contributed by atoms with Gasteiger partial charge in [0.15, 0.2) is 11.5 Å². The van der Waals surface area contributed by atoms with Crippen LogP contribution in [0.4, 0.5) is 0 Å². The summed E-state index contributed by atoms with van der Waals surface area (Å²) >= 11 is 1.49. The van der Waals surface area contributed by atoms with E-state index in [0.29, 0.717) is 26.3 Å². The Labute approximate surface area is 194 Å². The van der Waals surface area contributed by atoms with Crippen molar-refractivity contribution in [2.75, 3.05) is 26.3 Å². The number of thiophene rings is 1. The van der Waals surface area contributed by atoms with Crippen LogP contribution in [0.3, 0.4) is 0 Å². The zero-order chi connectivity index (χ0) is 22.4. The van der Waals surface area contributed by atoms with Gasteiger partial charge in [-0.1, -0.05) is 12.1 Å². The maximum Gasteiger partial charge on any atom is 0.326 e. The van der Waals surface area contributed by atoms with Gasteiger partial charge in [0.2, 0.25) is 0 Å². The summed E-state index contributed by atoms with van der Waals surface area (Å²) in [6.45, 7) is 2.38. The summed E-state index contributed by atoms with van der Waals surface area (Å²) in [5.41, 5.74) is 2.71. The molecule has 4 heterocycles. The van der Waals surface area contributed by atoms with Crippen LogP contribution in [0, 0.1) is 0 Å². The number of amides is 1. The van der Waals surface area contributed by atoms with Crippen LogP contribution in [0.2, 0.25) is 0 Å². The molecule has 6 rings (SSSR count). The highest BCUT2D eigenvalue weighted by Crippen LogP contribution is 2.37. The number of carbonyl (C=O) groups excluding carboxylic acids is 1. The molecule has 2 aromatic heterocycles. The second kappa shape index (κ2) is 8.12. The number of fused-ring (bicyclic) bond motifs is 2. The number of benzene rings is 2. The van der Waals surface area contributed by atoms with Crippen molar-refractivity contribution in [2.24, 2.45) is 0 Å². The summed E-state index contributed by atoms with van der Waals surface area (Å²) in [4.78, 5) is 32.3. The SMILES string of the molecule is O=C(c1ccc(-c2ccc3c(c2)OCCO3)s1)N1CCC(n2c(=O)[nH]c3ccccc32)CC1. The number of H-pyrrole nitrogens is 1. The van der Waals surface area contributed by atoms with Gasteiger partial charge in [0, 0.05) is 24.0 Å². The van der Waals surface area contributed by atoms with Crippen molar-refractivity contribution in [3.05, 3.63) is 70.0 Å². The van der Waals surface area contributed by atoms with Crippen LogP contribution >= 0.6 is 11.3 Å². The number of piperidine rings is 1. The van der Waals surface area contributed by atoms with Crippen molar-refractivity contribution in [2.45, 2.75) is 18.9 Å². The van der Waals surface area contributed by atoms with E-state index in [2.05, 4.69) is 4.98 Å². The Morgan fingerprint density at radius 2 is 1.76 bits per heavy atom. The smallest absolute Gasteiger partial charge is 0.326 e. The molecule has 1 fully saturated rings. The van der Waals surface area contributed by atoms with Gasteiger partial charge in [-0.3, -0.25) is 9.36 Å². The lowest BCUT2D eigenvalue weighted by atomic mass is 10.0. The van der Waals surface area contributed by atoms with Crippen LogP contribution in [0.25, 0.3) is 21.5 Å². The van der Waals surface area contributed by atoms with Crippen LogP contribution < -0.4 is 15.2 Å². The molecule has 168 valence electrons. The molecule has 2 aromatic carbocycles. The van der Waals surface area contributed by atoms with Crippen LogP contribution in [-0.4, -0.2) is 46.7 Å². The third kappa shape index (κ3) is 3.60. The molecule has 1 amide bonds. The molecule has 1 N–H and O–H groups in total. The molecule has 0 saturated carbocycles. The Morgan fingerprint density at radius 3 is 2.61 bits per heavy atom. The fourth-order valence-electron chi connectivity index (χ4n) is 4.72. The van der Waals surface area contributed by atoms with E-state index in [9.17, 15) is 9.59 Å². The first-order valence-electron chi connectivity index (χ1n) is 11.2. The fourth-order valence-corrected chi connectivity index (χ4v) is 5.69. The highest BCUT2D eigenvalue weighted by molar-refractivity contribution is 7.17. The highest BCUT2D eigenvalue weighted by Gasteiger charge is 2.27. The molecule has 8 heteroatoms. The predicted octanol–water partition coefficient (Wildman–Crippen LogP) is 4.31. The number of carbonyl (C=O) groups is 1. The highest BCUT2D eigenvalue weighted by atomic mass is 32.1. The average molecular weight is 462 g/mol. The third-order valence-electron chi connectivity index (χ3n) is 6.38. The number of hydrogen-bond acceptors (Lipinski definition) is 5. The van der Waals surface area contributed by atoms with Crippen molar-refractivity contribution in [3.63, 3.8) is 0 Å². The molecule has 0 atom stereocenters. The number of aromatic amines is 1. The second-order valence-electron chi connectivity index (χ2n) is 8.36. The minimum absolute atomic E-state index is 0.0496. The maximum absolute atomic E-state index is 13.2. The van der Waals surface area contributed by atoms with Gasteiger partial charge < -0.3 is 19.4 Å². The minimum Gasteiger partial charge on any atom is -0.486 e. The summed E-state index contributed by atoms with van der Waals surface area (Å²) in [5.74, 6) is 1.55. The number of likely N-dealkylation sites (tertiary alicyclic amines) is 1. The molecule has 0 aliphatic carbocycles. The zero-order valence-corrected chi connectivity index (χ0v) is 18.8. The Kier molecular flexibility index (Phi) is 4.95.